The molecule has 318 valence electrons. The molecule has 0 amide bonds. The van der Waals surface area contributed by atoms with E-state index >= 15 is 0 Å². The third kappa shape index (κ3) is 11.0. The Morgan fingerprint density at radius 2 is 0.778 bits per heavy atom. The molecule has 0 spiro atoms. The molecule has 20 atom stereocenters. The average molecular weight is 793 g/mol. The van der Waals surface area contributed by atoms with Crippen molar-refractivity contribution >= 4 is 0 Å². The van der Waals surface area contributed by atoms with Crippen LogP contribution in [0.15, 0.2) is 0 Å². The Balaban J connectivity index is 1.45. The zero-order valence-electron chi connectivity index (χ0n) is 30.9. The van der Waals surface area contributed by atoms with Crippen molar-refractivity contribution in [1.82, 2.24) is 0 Å². The van der Waals surface area contributed by atoms with E-state index in [1.165, 1.54) is 7.11 Å². The SMILES string of the molecule is CCCO[C@H]1[C@H](O)[C@@H](O)[C@@H](OC[C@H]2O[C@H](OC[C@H]3O[C@H](O)[C@H](O)[C@@H](O)[C@@H]3OCC)[C@H](O)[C@@H](O)[C@@H]2OCCC)O[C@@H]1CO[C@H]1O[C@H](COC)[C@@H](O)[C@H](O)[C@H]1O. The van der Waals surface area contributed by atoms with Crippen LogP contribution in [0, 0.1) is 0 Å². The van der Waals surface area contributed by atoms with Gasteiger partial charge in [0.05, 0.1) is 26.4 Å². The first-order chi connectivity index (χ1) is 25.8. The Kier molecular flexibility index (Phi) is 18.5. The topological polar surface area (TPSA) is 304 Å². The predicted molar refractivity (Wildman–Crippen MR) is 176 cm³/mol. The lowest BCUT2D eigenvalue weighted by molar-refractivity contribution is -0.351. The Bertz CT molecular complexity index is 1060. The highest BCUT2D eigenvalue weighted by Crippen LogP contribution is 2.31. The fourth-order valence-electron chi connectivity index (χ4n) is 6.65. The second kappa shape index (κ2) is 21.8. The van der Waals surface area contributed by atoms with Crippen LogP contribution in [-0.2, 0) is 52.1 Å². The summed E-state index contributed by atoms with van der Waals surface area (Å²) in [5.74, 6) is 0. The molecule has 21 heteroatoms. The molecule has 54 heavy (non-hydrogen) atoms. The van der Waals surface area contributed by atoms with Gasteiger partial charge < -0.3 is 103 Å². The zero-order chi connectivity index (χ0) is 39.7. The quantitative estimate of drug-likeness (QED) is 0.0585. The van der Waals surface area contributed by atoms with Gasteiger partial charge in [0.2, 0.25) is 0 Å². The molecule has 0 aromatic carbocycles. The van der Waals surface area contributed by atoms with Crippen LogP contribution in [-0.4, -0.2) is 227 Å². The van der Waals surface area contributed by atoms with Crippen LogP contribution in [0.5, 0.6) is 0 Å². The number of hydrogen-bond acceptors (Lipinski definition) is 21. The van der Waals surface area contributed by atoms with Crippen LogP contribution in [0.4, 0.5) is 0 Å². The number of aliphatic hydroxyl groups is 10. The van der Waals surface area contributed by atoms with Gasteiger partial charge in [0.1, 0.15) is 97.7 Å². The van der Waals surface area contributed by atoms with Gasteiger partial charge in [-0.15, -0.1) is 0 Å². The van der Waals surface area contributed by atoms with Gasteiger partial charge in [0.25, 0.3) is 0 Å². The van der Waals surface area contributed by atoms with Crippen molar-refractivity contribution in [3.8, 4) is 0 Å². The smallest absolute Gasteiger partial charge is 0.186 e. The fourth-order valence-corrected chi connectivity index (χ4v) is 6.65. The van der Waals surface area contributed by atoms with Gasteiger partial charge in [-0.05, 0) is 19.8 Å². The number of methoxy groups -OCH3 is 1. The predicted octanol–water partition coefficient (Wildman–Crippen LogP) is -5.18. The molecule has 0 aromatic rings. The minimum atomic E-state index is -1.76. The summed E-state index contributed by atoms with van der Waals surface area (Å²) in [4.78, 5) is 0. The largest absolute Gasteiger partial charge is 0.387 e. The van der Waals surface area contributed by atoms with Crippen LogP contribution in [0.3, 0.4) is 0 Å². The standard InChI is InChI=1S/C33H60O21/c1-5-8-46-28-16(12-49-31-24(40)19(35)18(34)14(52-31)10-44-4)54-33(26(42)22(28)38)50-13-17-29(47-9-6-2)21(37)25(41)32(53-17)48-11-15-27(45-7-3)20(36)23(39)30(43)51-15/h14-43H,5-13H2,1-4H3/t14-,15-,16-,17-,18-,19+,20-,21-,22-,23-,24-,25-,26-,27-,28-,29-,30+,31+,32+,33+/m1/s1. The average Bonchev–Trinajstić information content (AvgIpc) is 3.15. The van der Waals surface area contributed by atoms with E-state index in [1.807, 2.05) is 13.8 Å². The molecule has 10 N–H and O–H groups in total. The van der Waals surface area contributed by atoms with Crippen LogP contribution in [0.1, 0.15) is 33.6 Å². The highest BCUT2D eigenvalue weighted by molar-refractivity contribution is 4.95. The van der Waals surface area contributed by atoms with Crippen molar-refractivity contribution in [2.45, 2.75) is 156 Å². The van der Waals surface area contributed by atoms with Gasteiger partial charge in [-0.1, -0.05) is 13.8 Å². The molecule has 4 saturated heterocycles. The van der Waals surface area contributed by atoms with Crippen LogP contribution < -0.4 is 0 Å². The molecule has 4 aliphatic heterocycles. The number of rotatable bonds is 19. The third-order valence-electron chi connectivity index (χ3n) is 9.60. The summed E-state index contributed by atoms with van der Waals surface area (Å²) in [6, 6.07) is 0. The van der Waals surface area contributed by atoms with Crippen molar-refractivity contribution in [1.29, 1.82) is 0 Å². The first kappa shape index (κ1) is 45.9. The lowest BCUT2D eigenvalue weighted by Gasteiger charge is -2.45. The summed E-state index contributed by atoms with van der Waals surface area (Å²) in [5.41, 5.74) is 0. The lowest BCUT2D eigenvalue weighted by atomic mass is 9.97. The summed E-state index contributed by atoms with van der Waals surface area (Å²) in [5, 5.41) is 106. The van der Waals surface area contributed by atoms with Gasteiger partial charge in [0.15, 0.2) is 25.2 Å². The molecule has 0 bridgehead atoms. The normalized spacial score (nSPS) is 46.1. The maximum atomic E-state index is 11.1. The minimum Gasteiger partial charge on any atom is -0.387 e. The molecular weight excluding hydrogens is 732 g/mol. The molecule has 4 fully saturated rings. The lowest BCUT2D eigenvalue weighted by Crippen LogP contribution is -2.64. The van der Waals surface area contributed by atoms with Gasteiger partial charge in [-0.2, -0.15) is 0 Å². The fraction of sp³-hybridized carbons (Fsp3) is 1.00. The van der Waals surface area contributed by atoms with E-state index in [-0.39, 0.29) is 26.4 Å². The minimum absolute atomic E-state index is 0.115. The van der Waals surface area contributed by atoms with Crippen molar-refractivity contribution in [2.75, 3.05) is 53.4 Å². The molecular formula is C33H60O21. The summed E-state index contributed by atoms with van der Waals surface area (Å²) < 4.78 is 62.5. The monoisotopic (exact) mass is 792 g/mol. The van der Waals surface area contributed by atoms with Gasteiger partial charge in [-0.3, -0.25) is 0 Å². The molecule has 4 aliphatic rings. The summed E-state index contributed by atoms with van der Waals surface area (Å²) in [7, 11) is 1.36. The number of aliphatic hydroxyl groups excluding tert-OH is 10. The number of hydrogen-bond donors (Lipinski definition) is 10. The Morgan fingerprint density at radius 1 is 0.389 bits per heavy atom. The van der Waals surface area contributed by atoms with E-state index in [1.54, 1.807) is 6.92 Å². The number of ether oxygens (including phenoxy) is 11. The maximum absolute atomic E-state index is 11.1. The Morgan fingerprint density at radius 3 is 1.20 bits per heavy atom. The molecule has 4 rings (SSSR count). The highest BCUT2D eigenvalue weighted by atomic mass is 16.8. The van der Waals surface area contributed by atoms with Crippen molar-refractivity contribution in [3.63, 3.8) is 0 Å². The second-order valence-electron chi connectivity index (χ2n) is 13.7. The van der Waals surface area contributed by atoms with E-state index in [0.717, 1.165) is 0 Å². The van der Waals surface area contributed by atoms with E-state index in [2.05, 4.69) is 0 Å². The second-order valence-corrected chi connectivity index (χ2v) is 13.7. The van der Waals surface area contributed by atoms with Crippen LogP contribution in [0.25, 0.3) is 0 Å². The summed E-state index contributed by atoms with van der Waals surface area (Å²) in [6.07, 6.45) is -27.5. The van der Waals surface area contributed by atoms with Gasteiger partial charge >= 0.3 is 0 Å². The molecule has 4 heterocycles. The summed E-state index contributed by atoms with van der Waals surface area (Å²) in [6.45, 7) is 4.38. The molecule has 0 aromatic heterocycles. The zero-order valence-corrected chi connectivity index (χ0v) is 30.9. The molecule has 0 saturated carbocycles. The van der Waals surface area contributed by atoms with E-state index in [9.17, 15) is 51.1 Å². The molecule has 0 unspecified atom stereocenters. The first-order valence-corrected chi connectivity index (χ1v) is 18.4. The third-order valence-corrected chi connectivity index (χ3v) is 9.60. The molecule has 21 nitrogen and oxygen atoms in total. The van der Waals surface area contributed by atoms with E-state index in [0.29, 0.717) is 12.8 Å². The first-order valence-electron chi connectivity index (χ1n) is 18.4. The van der Waals surface area contributed by atoms with E-state index in [4.69, 9.17) is 52.1 Å². The van der Waals surface area contributed by atoms with Gasteiger partial charge in [0, 0.05) is 26.9 Å². The Labute approximate surface area is 313 Å². The molecule has 0 radical (unpaired) electrons. The Hall–Kier alpha value is -0.840. The van der Waals surface area contributed by atoms with Crippen LogP contribution >= 0.6 is 0 Å². The van der Waals surface area contributed by atoms with Crippen molar-refractivity contribution in [2.24, 2.45) is 0 Å². The van der Waals surface area contributed by atoms with Crippen LogP contribution in [0.2, 0.25) is 0 Å². The van der Waals surface area contributed by atoms with Crippen molar-refractivity contribution < 1.29 is 103 Å². The molecule has 0 aliphatic carbocycles. The summed E-state index contributed by atoms with van der Waals surface area (Å²) >= 11 is 0. The maximum Gasteiger partial charge on any atom is 0.186 e. The van der Waals surface area contributed by atoms with Gasteiger partial charge in [-0.25, -0.2) is 0 Å². The van der Waals surface area contributed by atoms with E-state index < -0.39 is 143 Å². The van der Waals surface area contributed by atoms with Crippen molar-refractivity contribution in [3.05, 3.63) is 0 Å². The highest BCUT2D eigenvalue weighted by Gasteiger charge is 2.51.